The molecule has 0 amide bonds. The molecular weight excluding hydrogens is 257 g/mol. The van der Waals surface area contributed by atoms with E-state index in [-0.39, 0.29) is 11.7 Å². The highest BCUT2D eigenvalue weighted by molar-refractivity contribution is 6.62. The van der Waals surface area contributed by atoms with Crippen molar-refractivity contribution in [2.45, 2.75) is 44.8 Å². The molecule has 2 fully saturated rings. The fraction of sp³-hybridized carbons (Fsp3) is 0.643. The maximum atomic E-state index is 10.4. The average Bonchev–Trinajstić information content (AvgIpc) is 2.48. The number of rotatable bonds is 2. The van der Waals surface area contributed by atoms with Gasteiger partial charge in [0.15, 0.2) is 0 Å². The Morgan fingerprint density at radius 3 is 2.30 bits per heavy atom. The van der Waals surface area contributed by atoms with Crippen LogP contribution in [0.5, 0.6) is 5.75 Å². The number of aromatic hydroxyl groups is 1. The molecule has 20 heavy (non-hydrogen) atoms. The minimum absolute atomic E-state index is 0.166. The molecule has 3 rings (SSSR count). The molecule has 1 aromatic heterocycles. The third-order valence-electron chi connectivity index (χ3n) is 4.54. The SMILES string of the molecule is CC1(C)OB(c2nccc(C3COC3)c2O)OC1(C)C. The molecule has 0 radical (unpaired) electrons. The van der Waals surface area contributed by atoms with Crippen molar-refractivity contribution in [1.29, 1.82) is 0 Å². The fourth-order valence-corrected chi connectivity index (χ4v) is 2.36. The molecule has 2 saturated heterocycles. The second kappa shape index (κ2) is 4.45. The number of hydrogen-bond donors (Lipinski definition) is 1. The maximum Gasteiger partial charge on any atom is 0.518 e. The van der Waals surface area contributed by atoms with Crippen LogP contribution in [0.25, 0.3) is 0 Å². The zero-order valence-corrected chi connectivity index (χ0v) is 12.3. The first-order chi connectivity index (χ1) is 9.32. The molecule has 1 aromatic rings. The van der Waals surface area contributed by atoms with Crippen molar-refractivity contribution in [3.05, 3.63) is 17.8 Å². The first-order valence-electron chi connectivity index (χ1n) is 6.93. The fourth-order valence-electron chi connectivity index (χ4n) is 2.36. The van der Waals surface area contributed by atoms with Crippen LogP contribution < -0.4 is 5.59 Å². The summed E-state index contributed by atoms with van der Waals surface area (Å²) in [5, 5.41) is 10.4. The largest absolute Gasteiger partial charge is 0.518 e. The van der Waals surface area contributed by atoms with Crippen LogP contribution in [0.3, 0.4) is 0 Å². The number of ether oxygens (including phenoxy) is 1. The summed E-state index contributed by atoms with van der Waals surface area (Å²) in [6.07, 6.45) is 1.69. The van der Waals surface area contributed by atoms with Crippen molar-refractivity contribution >= 4 is 12.7 Å². The second-order valence-corrected chi connectivity index (χ2v) is 6.46. The highest BCUT2D eigenvalue weighted by atomic mass is 16.7. The average molecular weight is 277 g/mol. The van der Waals surface area contributed by atoms with E-state index in [0.29, 0.717) is 18.8 Å². The van der Waals surface area contributed by atoms with E-state index in [0.717, 1.165) is 5.56 Å². The highest BCUT2D eigenvalue weighted by Gasteiger charge is 2.53. The van der Waals surface area contributed by atoms with Gasteiger partial charge in [0.25, 0.3) is 0 Å². The van der Waals surface area contributed by atoms with Gasteiger partial charge in [-0.25, -0.2) is 0 Å². The van der Waals surface area contributed by atoms with Gasteiger partial charge in [0.1, 0.15) is 11.3 Å². The van der Waals surface area contributed by atoms with E-state index < -0.39 is 18.3 Å². The molecule has 2 aliphatic rings. The minimum atomic E-state index is -0.638. The van der Waals surface area contributed by atoms with Crippen LogP contribution in [-0.2, 0) is 14.0 Å². The summed E-state index contributed by atoms with van der Waals surface area (Å²) in [6, 6.07) is 1.83. The Kier molecular flexibility index (Phi) is 3.08. The molecule has 6 heteroatoms. The molecule has 0 bridgehead atoms. The zero-order chi connectivity index (χ0) is 14.5. The Balaban J connectivity index is 1.92. The van der Waals surface area contributed by atoms with E-state index in [2.05, 4.69) is 4.98 Å². The van der Waals surface area contributed by atoms with Crippen LogP contribution in [0.15, 0.2) is 12.3 Å². The monoisotopic (exact) mass is 277 g/mol. The number of hydrogen-bond acceptors (Lipinski definition) is 5. The van der Waals surface area contributed by atoms with Crippen LogP contribution in [0, 0.1) is 0 Å². The molecule has 3 heterocycles. The van der Waals surface area contributed by atoms with Gasteiger partial charge in [-0.2, -0.15) is 0 Å². The van der Waals surface area contributed by atoms with Crippen molar-refractivity contribution in [2.24, 2.45) is 0 Å². The molecule has 108 valence electrons. The predicted molar refractivity (Wildman–Crippen MR) is 75.2 cm³/mol. The summed E-state index contributed by atoms with van der Waals surface area (Å²) in [5.41, 5.74) is 0.423. The van der Waals surface area contributed by atoms with Crippen molar-refractivity contribution < 1.29 is 19.2 Å². The summed E-state index contributed by atoms with van der Waals surface area (Å²) in [5.74, 6) is 0.401. The maximum absolute atomic E-state index is 10.4. The summed E-state index contributed by atoms with van der Waals surface area (Å²) in [4.78, 5) is 4.25. The van der Waals surface area contributed by atoms with E-state index in [4.69, 9.17) is 14.0 Å². The Labute approximate surface area is 119 Å². The third kappa shape index (κ3) is 2.03. The lowest BCUT2D eigenvalue weighted by Crippen LogP contribution is -2.41. The second-order valence-electron chi connectivity index (χ2n) is 6.46. The number of nitrogens with zero attached hydrogens (tertiary/aromatic N) is 1. The van der Waals surface area contributed by atoms with Gasteiger partial charge in [0.2, 0.25) is 0 Å². The highest BCUT2D eigenvalue weighted by Crippen LogP contribution is 2.38. The molecule has 0 unspecified atom stereocenters. The number of pyridine rings is 1. The van der Waals surface area contributed by atoms with E-state index in [1.165, 1.54) is 0 Å². The van der Waals surface area contributed by atoms with Crippen molar-refractivity contribution in [3.63, 3.8) is 0 Å². The van der Waals surface area contributed by atoms with Gasteiger partial charge >= 0.3 is 7.12 Å². The van der Waals surface area contributed by atoms with Gasteiger partial charge in [-0.05, 0) is 33.8 Å². The molecule has 1 N–H and O–H groups in total. The normalized spacial score (nSPS) is 24.7. The zero-order valence-electron chi connectivity index (χ0n) is 12.3. The van der Waals surface area contributed by atoms with Gasteiger partial charge < -0.3 is 19.2 Å². The summed E-state index contributed by atoms with van der Waals surface area (Å²) < 4.78 is 17.1. The lowest BCUT2D eigenvalue weighted by Gasteiger charge is -2.32. The van der Waals surface area contributed by atoms with E-state index in [9.17, 15) is 5.11 Å². The number of aromatic nitrogens is 1. The summed E-state index contributed by atoms with van der Waals surface area (Å²) >= 11 is 0. The first-order valence-corrected chi connectivity index (χ1v) is 6.93. The Morgan fingerprint density at radius 2 is 1.80 bits per heavy atom. The van der Waals surface area contributed by atoms with Crippen LogP contribution in [-0.4, -0.2) is 41.6 Å². The van der Waals surface area contributed by atoms with Crippen LogP contribution in [0.1, 0.15) is 39.2 Å². The van der Waals surface area contributed by atoms with Crippen molar-refractivity contribution in [3.8, 4) is 5.75 Å². The molecular formula is C14H20BNO4. The van der Waals surface area contributed by atoms with Gasteiger partial charge in [-0.15, -0.1) is 0 Å². The molecule has 2 aliphatic heterocycles. The van der Waals surface area contributed by atoms with Gasteiger partial charge in [-0.3, -0.25) is 4.98 Å². The minimum Gasteiger partial charge on any atom is -0.506 e. The molecule has 0 atom stereocenters. The van der Waals surface area contributed by atoms with Crippen LogP contribution in [0.2, 0.25) is 0 Å². The van der Waals surface area contributed by atoms with Gasteiger partial charge in [-0.1, -0.05) is 0 Å². The van der Waals surface area contributed by atoms with Crippen molar-refractivity contribution in [1.82, 2.24) is 4.98 Å². The van der Waals surface area contributed by atoms with E-state index >= 15 is 0 Å². The lowest BCUT2D eigenvalue weighted by molar-refractivity contribution is 0.00578. The first kappa shape index (κ1) is 13.9. The van der Waals surface area contributed by atoms with Crippen LogP contribution in [0.4, 0.5) is 0 Å². The quantitative estimate of drug-likeness (QED) is 0.823. The molecule has 0 spiro atoms. The van der Waals surface area contributed by atoms with Gasteiger partial charge in [0.05, 0.1) is 24.4 Å². The summed E-state index contributed by atoms with van der Waals surface area (Å²) in [6.45, 7) is 9.20. The molecule has 0 aliphatic carbocycles. The summed E-state index contributed by atoms with van der Waals surface area (Å²) in [7, 11) is -0.638. The standard InChI is InChI=1S/C14H20BNO4/c1-13(2)14(3,4)20-15(19-13)12-11(17)10(5-6-16-12)9-7-18-8-9/h5-6,9,17H,7-8H2,1-4H3. The van der Waals surface area contributed by atoms with Crippen LogP contribution >= 0.6 is 0 Å². The molecule has 0 saturated carbocycles. The van der Waals surface area contributed by atoms with Gasteiger partial charge in [0, 0.05) is 17.7 Å². The smallest absolute Gasteiger partial charge is 0.506 e. The Morgan fingerprint density at radius 1 is 1.20 bits per heavy atom. The predicted octanol–water partition coefficient (Wildman–Crippen LogP) is 1.20. The lowest BCUT2D eigenvalue weighted by atomic mass is 9.81. The van der Waals surface area contributed by atoms with E-state index in [1.807, 2.05) is 33.8 Å². The Hall–Kier alpha value is -1.11. The van der Waals surface area contributed by atoms with Crippen molar-refractivity contribution in [2.75, 3.05) is 13.2 Å². The molecule has 0 aromatic carbocycles. The topological polar surface area (TPSA) is 60.8 Å². The Bertz CT molecular complexity index is 512. The van der Waals surface area contributed by atoms with E-state index in [1.54, 1.807) is 6.20 Å². The molecule has 5 nitrogen and oxygen atoms in total. The third-order valence-corrected chi connectivity index (χ3v) is 4.54.